The first kappa shape index (κ1) is 21.7. The van der Waals surface area contributed by atoms with Crippen molar-refractivity contribution in [3.05, 3.63) is 67.0 Å². The standard InChI is InChI=1S/C22H32N6/c1-3-4-6-13-26-15-16(2)17-9-11-19(23)20(24)12-10-18(17)22(28-25)21-8-5-7-14-27-21/h3-8,13-14,17-20H,1-2,9-12,15,23-25H2/b6-4-,26-13-,28-22+. The molecule has 0 aliphatic heterocycles. The Balaban J connectivity index is 2.27. The number of hydrogen-bond donors (Lipinski definition) is 3. The lowest BCUT2D eigenvalue weighted by molar-refractivity contribution is 0.316. The van der Waals surface area contributed by atoms with Crippen LogP contribution in [0.3, 0.4) is 0 Å². The van der Waals surface area contributed by atoms with Crippen LogP contribution < -0.4 is 17.3 Å². The molecule has 1 heterocycles. The van der Waals surface area contributed by atoms with Gasteiger partial charge in [-0.05, 0) is 49.8 Å². The maximum Gasteiger partial charge on any atom is 0.0893 e. The highest BCUT2D eigenvalue weighted by atomic mass is 15.1. The molecule has 150 valence electrons. The van der Waals surface area contributed by atoms with Gasteiger partial charge in [-0.25, -0.2) is 0 Å². The monoisotopic (exact) mass is 380 g/mol. The summed E-state index contributed by atoms with van der Waals surface area (Å²) in [4.78, 5) is 8.92. The summed E-state index contributed by atoms with van der Waals surface area (Å²) >= 11 is 0. The second-order valence-electron chi connectivity index (χ2n) is 7.19. The SMILES string of the molecule is C=C/C=C\C=N/CC(=C)C1CCC(N)C(N)CCC1/C(=N\N)c1ccccn1. The Labute approximate surface area is 168 Å². The number of allylic oxidation sites excluding steroid dienone is 3. The van der Waals surface area contributed by atoms with Crippen molar-refractivity contribution >= 4 is 11.9 Å². The lowest BCUT2D eigenvalue weighted by Gasteiger charge is -2.34. The maximum absolute atomic E-state index is 6.27. The fourth-order valence-corrected chi connectivity index (χ4v) is 3.73. The minimum absolute atomic E-state index is 0.0107. The highest BCUT2D eigenvalue weighted by Gasteiger charge is 2.33. The van der Waals surface area contributed by atoms with Gasteiger partial charge in [-0.3, -0.25) is 9.98 Å². The molecule has 0 amide bonds. The van der Waals surface area contributed by atoms with Crippen LogP contribution in [0.25, 0.3) is 0 Å². The molecule has 4 atom stereocenters. The number of hydrogen-bond acceptors (Lipinski definition) is 6. The van der Waals surface area contributed by atoms with Crippen molar-refractivity contribution < 1.29 is 0 Å². The van der Waals surface area contributed by atoms with Crippen LogP contribution in [-0.4, -0.2) is 35.5 Å². The number of aliphatic imine (C=N–C) groups is 1. The molecule has 0 bridgehead atoms. The first-order valence-electron chi connectivity index (χ1n) is 9.74. The summed E-state index contributed by atoms with van der Waals surface area (Å²) in [6.07, 6.45) is 12.3. The summed E-state index contributed by atoms with van der Waals surface area (Å²) in [6.45, 7) is 8.52. The second kappa shape index (κ2) is 11.3. The molecule has 28 heavy (non-hydrogen) atoms. The van der Waals surface area contributed by atoms with Crippen LogP contribution >= 0.6 is 0 Å². The fourth-order valence-electron chi connectivity index (χ4n) is 3.73. The Bertz CT molecular complexity index is 722. The molecule has 1 aliphatic carbocycles. The normalized spacial score (nSPS) is 26.9. The van der Waals surface area contributed by atoms with E-state index in [-0.39, 0.29) is 23.9 Å². The molecule has 1 aliphatic rings. The summed E-state index contributed by atoms with van der Waals surface area (Å²) < 4.78 is 0. The molecular formula is C22H32N6. The lowest BCUT2D eigenvalue weighted by atomic mass is 9.73. The van der Waals surface area contributed by atoms with Crippen LogP contribution in [0.15, 0.2) is 71.4 Å². The molecule has 1 fully saturated rings. The van der Waals surface area contributed by atoms with Gasteiger partial charge in [0, 0.05) is 30.4 Å². The van der Waals surface area contributed by atoms with Gasteiger partial charge in [0.15, 0.2) is 0 Å². The molecule has 0 saturated heterocycles. The van der Waals surface area contributed by atoms with Crippen LogP contribution in [-0.2, 0) is 0 Å². The van der Waals surface area contributed by atoms with Crippen LogP contribution in [0.4, 0.5) is 0 Å². The summed E-state index contributed by atoms with van der Waals surface area (Å²) in [5.74, 6) is 6.08. The van der Waals surface area contributed by atoms with Crippen molar-refractivity contribution in [3.8, 4) is 0 Å². The highest BCUT2D eigenvalue weighted by molar-refractivity contribution is 6.00. The molecule has 0 radical (unpaired) electrons. The molecule has 0 spiro atoms. The number of hydrazone groups is 1. The maximum atomic E-state index is 6.27. The zero-order chi connectivity index (χ0) is 20.4. The average molecular weight is 381 g/mol. The second-order valence-corrected chi connectivity index (χ2v) is 7.19. The van der Waals surface area contributed by atoms with Gasteiger partial charge in [0.05, 0.1) is 18.0 Å². The van der Waals surface area contributed by atoms with E-state index in [4.69, 9.17) is 17.3 Å². The van der Waals surface area contributed by atoms with Gasteiger partial charge < -0.3 is 17.3 Å². The highest BCUT2D eigenvalue weighted by Crippen LogP contribution is 2.34. The predicted molar refractivity (Wildman–Crippen MR) is 118 cm³/mol. The lowest BCUT2D eigenvalue weighted by Crippen LogP contribution is -2.44. The Morgan fingerprint density at radius 1 is 1.11 bits per heavy atom. The molecule has 6 N–H and O–H groups in total. The number of rotatable bonds is 7. The molecule has 4 unspecified atom stereocenters. The van der Waals surface area contributed by atoms with Crippen LogP contribution in [0.5, 0.6) is 0 Å². The van der Waals surface area contributed by atoms with E-state index in [1.807, 2.05) is 30.4 Å². The molecule has 0 aromatic carbocycles. The van der Waals surface area contributed by atoms with Gasteiger partial charge >= 0.3 is 0 Å². The first-order valence-corrected chi connectivity index (χ1v) is 9.74. The average Bonchev–Trinajstić information content (AvgIpc) is 2.71. The van der Waals surface area contributed by atoms with E-state index in [2.05, 4.69) is 28.2 Å². The zero-order valence-corrected chi connectivity index (χ0v) is 16.5. The number of nitrogens with two attached hydrogens (primary N) is 3. The van der Waals surface area contributed by atoms with Crippen molar-refractivity contribution in [2.24, 2.45) is 39.2 Å². The molecule has 1 aromatic rings. The minimum Gasteiger partial charge on any atom is -0.326 e. The Hall–Kier alpha value is -2.57. The quantitative estimate of drug-likeness (QED) is 0.222. The third kappa shape index (κ3) is 5.97. The number of pyridine rings is 1. The van der Waals surface area contributed by atoms with Gasteiger partial charge in [-0.2, -0.15) is 5.10 Å². The Morgan fingerprint density at radius 2 is 1.82 bits per heavy atom. The number of nitrogens with zero attached hydrogens (tertiary/aromatic N) is 3. The molecule has 6 nitrogen and oxygen atoms in total. The smallest absolute Gasteiger partial charge is 0.0893 e. The molecule has 2 rings (SSSR count). The summed E-state index contributed by atoms with van der Waals surface area (Å²) in [7, 11) is 0. The van der Waals surface area contributed by atoms with Crippen molar-refractivity contribution in [3.63, 3.8) is 0 Å². The Kier molecular flexibility index (Phi) is 8.78. The first-order chi connectivity index (χ1) is 13.6. The van der Waals surface area contributed by atoms with Crippen molar-refractivity contribution in [2.45, 2.75) is 37.8 Å². The van der Waals surface area contributed by atoms with Gasteiger partial charge in [0.2, 0.25) is 0 Å². The van der Waals surface area contributed by atoms with Crippen LogP contribution in [0.1, 0.15) is 31.4 Å². The third-order valence-electron chi connectivity index (χ3n) is 5.33. The fraction of sp³-hybridized carbons (Fsp3) is 0.409. The van der Waals surface area contributed by atoms with Gasteiger partial charge in [0.25, 0.3) is 0 Å². The molecular weight excluding hydrogens is 348 g/mol. The van der Waals surface area contributed by atoms with Gasteiger partial charge in [-0.1, -0.05) is 36.9 Å². The summed E-state index contributed by atoms with van der Waals surface area (Å²) in [5.41, 5.74) is 15.2. The van der Waals surface area contributed by atoms with Gasteiger partial charge in [-0.15, -0.1) is 0 Å². The van der Waals surface area contributed by atoms with Crippen molar-refractivity contribution in [1.82, 2.24) is 4.98 Å². The largest absolute Gasteiger partial charge is 0.326 e. The van der Waals surface area contributed by atoms with Crippen molar-refractivity contribution in [1.29, 1.82) is 0 Å². The Morgan fingerprint density at radius 3 is 2.43 bits per heavy atom. The van der Waals surface area contributed by atoms with E-state index in [0.29, 0.717) is 6.54 Å². The van der Waals surface area contributed by atoms with Crippen LogP contribution in [0.2, 0.25) is 0 Å². The summed E-state index contributed by atoms with van der Waals surface area (Å²) in [6, 6.07) is 5.73. The topological polar surface area (TPSA) is 116 Å². The zero-order valence-electron chi connectivity index (χ0n) is 16.5. The predicted octanol–water partition coefficient (Wildman–Crippen LogP) is 2.57. The summed E-state index contributed by atoms with van der Waals surface area (Å²) in [5, 5.41) is 4.13. The van der Waals surface area contributed by atoms with Crippen LogP contribution in [0, 0.1) is 11.8 Å². The van der Waals surface area contributed by atoms with E-state index >= 15 is 0 Å². The van der Waals surface area contributed by atoms with Gasteiger partial charge in [0.1, 0.15) is 0 Å². The van der Waals surface area contributed by atoms with E-state index < -0.39 is 0 Å². The molecule has 1 saturated carbocycles. The molecule has 6 heteroatoms. The van der Waals surface area contributed by atoms with E-state index in [9.17, 15) is 0 Å². The number of aromatic nitrogens is 1. The van der Waals surface area contributed by atoms with E-state index in [1.165, 1.54) is 0 Å². The minimum atomic E-state index is -0.0264. The van der Waals surface area contributed by atoms with E-state index in [0.717, 1.165) is 42.7 Å². The van der Waals surface area contributed by atoms with Crippen molar-refractivity contribution in [2.75, 3.05) is 6.54 Å². The third-order valence-corrected chi connectivity index (χ3v) is 5.33. The molecule has 1 aromatic heterocycles. The van der Waals surface area contributed by atoms with E-state index in [1.54, 1.807) is 18.5 Å².